The molecule has 1 atom stereocenters. The van der Waals surface area contributed by atoms with Crippen LogP contribution in [0.25, 0.3) is 5.70 Å². The van der Waals surface area contributed by atoms with Crippen LogP contribution in [0.15, 0.2) is 59.6 Å². The summed E-state index contributed by atoms with van der Waals surface area (Å²) in [6, 6.07) is 12.1. The SMILES string of the molecule is C/N=C(\C=C(/Nc1ccccc1Cl)c1ccc(C(=O)NC2CCSC2=O)cc1)C(F)(F)F. The molecule has 168 valence electrons. The molecule has 0 aliphatic carbocycles. The highest BCUT2D eigenvalue weighted by molar-refractivity contribution is 8.14. The molecule has 1 amide bonds. The van der Waals surface area contributed by atoms with Gasteiger partial charge in [0.25, 0.3) is 5.91 Å². The first-order valence-corrected chi connectivity index (χ1v) is 10.9. The number of allylic oxidation sites excluding steroid dienone is 1. The van der Waals surface area contributed by atoms with Gasteiger partial charge in [0.1, 0.15) is 5.71 Å². The molecule has 0 bridgehead atoms. The molecule has 1 heterocycles. The fourth-order valence-electron chi connectivity index (χ4n) is 2.98. The highest BCUT2D eigenvalue weighted by Crippen LogP contribution is 2.28. The third-order valence-corrected chi connectivity index (χ3v) is 5.99. The number of nitrogens with zero attached hydrogens (tertiary/aromatic N) is 1. The highest BCUT2D eigenvalue weighted by atomic mass is 35.5. The van der Waals surface area contributed by atoms with Crippen LogP contribution < -0.4 is 10.6 Å². The molecule has 1 fully saturated rings. The molecule has 0 saturated carbocycles. The molecule has 1 saturated heterocycles. The van der Waals surface area contributed by atoms with Crippen LogP contribution in [0.4, 0.5) is 18.9 Å². The van der Waals surface area contributed by atoms with Crippen LogP contribution in [0.2, 0.25) is 5.02 Å². The number of amides is 1. The number of hydrogen-bond donors (Lipinski definition) is 2. The first-order valence-electron chi connectivity index (χ1n) is 9.54. The molecule has 2 aromatic carbocycles. The predicted octanol–water partition coefficient (Wildman–Crippen LogP) is 5.19. The van der Waals surface area contributed by atoms with Gasteiger partial charge in [-0.05, 0) is 42.3 Å². The van der Waals surface area contributed by atoms with Crippen molar-refractivity contribution in [3.63, 3.8) is 0 Å². The van der Waals surface area contributed by atoms with Crippen molar-refractivity contribution in [3.8, 4) is 0 Å². The lowest BCUT2D eigenvalue weighted by atomic mass is 10.1. The number of nitrogens with one attached hydrogen (secondary N) is 2. The minimum Gasteiger partial charge on any atom is -0.354 e. The minimum atomic E-state index is -4.65. The van der Waals surface area contributed by atoms with Crippen LogP contribution in [0.3, 0.4) is 0 Å². The fraction of sp³-hybridized carbons (Fsp3) is 0.227. The molecule has 3 rings (SSSR count). The van der Waals surface area contributed by atoms with E-state index >= 15 is 0 Å². The second-order valence-electron chi connectivity index (χ2n) is 6.83. The van der Waals surface area contributed by atoms with E-state index in [2.05, 4.69) is 15.6 Å². The lowest BCUT2D eigenvalue weighted by molar-refractivity contribution is -0.112. The second-order valence-corrected chi connectivity index (χ2v) is 8.34. The van der Waals surface area contributed by atoms with Gasteiger partial charge in [-0.2, -0.15) is 13.2 Å². The van der Waals surface area contributed by atoms with Gasteiger partial charge in [0, 0.05) is 24.1 Å². The first-order chi connectivity index (χ1) is 15.2. The fourth-order valence-corrected chi connectivity index (χ4v) is 4.09. The molecule has 0 spiro atoms. The van der Waals surface area contributed by atoms with Gasteiger partial charge in [0.15, 0.2) is 0 Å². The average Bonchev–Trinajstić information content (AvgIpc) is 3.16. The number of carbonyl (C=O) groups excluding carboxylic acids is 2. The summed E-state index contributed by atoms with van der Waals surface area (Å²) >= 11 is 7.33. The van der Waals surface area contributed by atoms with Crippen LogP contribution >= 0.6 is 23.4 Å². The molecular formula is C22H19ClF3N3O2S. The number of hydrogen-bond acceptors (Lipinski definition) is 5. The Labute approximate surface area is 192 Å². The van der Waals surface area contributed by atoms with E-state index in [1.165, 1.54) is 36.0 Å². The highest BCUT2D eigenvalue weighted by Gasteiger charge is 2.34. The van der Waals surface area contributed by atoms with E-state index in [-0.39, 0.29) is 16.4 Å². The normalized spacial score (nSPS) is 17.4. The Hall–Kier alpha value is -2.78. The molecule has 0 radical (unpaired) electrons. The second kappa shape index (κ2) is 10.2. The third kappa shape index (κ3) is 5.92. The van der Waals surface area contributed by atoms with E-state index in [0.29, 0.717) is 28.4 Å². The lowest BCUT2D eigenvalue weighted by Gasteiger charge is -2.15. The summed E-state index contributed by atoms with van der Waals surface area (Å²) in [5.41, 5.74) is 0.115. The molecule has 2 N–H and O–H groups in total. The van der Waals surface area contributed by atoms with Gasteiger partial charge in [-0.3, -0.25) is 14.6 Å². The van der Waals surface area contributed by atoms with Crippen LogP contribution in [-0.2, 0) is 4.79 Å². The number of halogens is 4. The number of anilines is 1. The topological polar surface area (TPSA) is 70.6 Å². The monoisotopic (exact) mass is 481 g/mol. The number of benzene rings is 2. The summed E-state index contributed by atoms with van der Waals surface area (Å²) in [5, 5.41) is 5.84. The van der Waals surface area contributed by atoms with Crippen LogP contribution in [0.5, 0.6) is 0 Å². The Morgan fingerprint density at radius 2 is 1.81 bits per heavy atom. The van der Waals surface area contributed by atoms with Crippen molar-refractivity contribution in [2.24, 2.45) is 4.99 Å². The number of aliphatic imine (C=N–C) groups is 1. The molecule has 5 nitrogen and oxygen atoms in total. The van der Waals surface area contributed by atoms with E-state index in [0.717, 1.165) is 13.1 Å². The van der Waals surface area contributed by atoms with Gasteiger partial charge in [-0.1, -0.05) is 47.6 Å². The minimum absolute atomic E-state index is 0.0809. The number of rotatable bonds is 6. The van der Waals surface area contributed by atoms with Gasteiger partial charge in [0.2, 0.25) is 5.12 Å². The average molecular weight is 482 g/mol. The Morgan fingerprint density at radius 3 is 2.38 bits per heavy atom. The zero-order valence-electron chi connectivity index (χ0n) is 16.9. The molecule has 0 aromatic heterocycles. The van der Waals surface area contributed by atoms with Crippen molar-refractivity contribution in [1.29, 1.82) is 0 Å². The number of thioether (sulfide) groups is 1. The van der Waals surface area contributed by atoms with Crippen LogP contribution in [0.1, 0.15) is 22.3 Å². The van der Waals surface area contributed by atoms with Crippen LogP contribution in [-0.4, -0.2) is 41.8 Å². The maximum absolute atomic E-state index is 13.3. The number of para-hydroxylation sites is 1. The lowest BCUT2D eigenvalue weighted by Crippen LogP contribution is -2.37. The van der Waals surface area contributed by atoms with Gasteiger partial charge < -0.3 is 10.6 Å². The Morgan fingerprint density at radius 1 is 1.16 bits per heavy atom. The molecule has 1 aliphatic rings. The Bertz CT molecular complexity index is 1070. The van der Waals surface area contributed by atoms with Crippen molar-refractivity contribution in [3.05, 3.63) is 70.8 Å². The molecule has 32 heavy (non-hydrogen) atoms. The maximum atomic E-state index is 13.3. The van der Waals surface area contributed by atoms with E-state index in [9.17, 15) is 22.8 Å². The summed E-state index contributed by atoms with van der Waals surface area (Å²) in [5.74, 6) is 0.235. The smallest absolute Gasteiger partial charge is 0.354 e. The van der Waals surface area contributed by atoms with Gasteiger partial charge in [-0.15, -0.1) is 0 Å². The van der Waals surface area contributed by atoms with E-state index in [4.69, 9.17) is 11.6 Å². The largest absolute Gasteiger partial charge is 0.432 e. The standard InChI is InChI=1S/C22H19ClF3N3O2S/c1-27-19(22(24,25)26)12-18(28-16-5-3-2-4-15(16)23)13-6-8-14(9-7-13)20(30)29-17-10-11-32-21(17)31/h2-9,12,17,28H,10-11H2,1H3,(H,29,30)/b18-12-,27-19+. The van der Waals surface area contributed by atoms with Crippen molar-refractivity contribution in [2.75, 3.05) is 18.1 Å². The van der Waals surface area contributed by atoms with Gasteiger partial charge in [0.05, 0.1) is 16.8 Å². The first kappa shape index (κ1) is 23.9. The van der Waals surface area contributed by atoms with Gasteiger partial charge >= 0.3 is 6.18 Å². The Kier molecular flexibility index (Phi) is 7.63. The summed E-state index contributed by atoms with van der Waals surface area (Å²) in [6.07, 6.45) is -3.20. The molecular weight excluding hydrogens is 463 g/mol. The zero-order chi connectivity index (χ0) is 23.3. The summed E-state index contributed by atoms with van der Waals surface area (Å²) in [6.45, 7) is 0. The number of alkyl halides is 3. The predicted molar refractivity (Wildman–Crippen MR) is 122 cm³/mol. The maximum Gasteiger partial charge on any atom is 0.432 e. The summed E-state index contributed by atoms with van der Waals surface area (Å²) in [7, 11) is 1.06. The van der Waals surface area contributed by atoms with Crippen molar-refractivity contribution in [2.45, 2.75) is 18.6 Å². The van der Waals surface area contributed by atoms with Crippen LogP contribution in [0, 0.1) is 0 Å². The number of carbonyl (C=O) groups is 2. The Balaban J connectivity index is 1.89. The molecule has 10 heteroatoms. The zero-order valence-corrected chi connectivity index (χ0v) is 18.4. The van der Waals surface area contributed by atoms with Crippen molar-refractivity contribution >= 4 is 51.5 Å². The molecule has 1 unspecified atom stereocenters. The molecule has 1 aliphatic heterocycles. The van der Waals surface area contributed by atoms with Gasteiger partial charge in [-0.25, -0.2) is 0 Å². The summed E-state index contributed by atoms with van der Waals surface area (Å²) in [4.78, 5) is 27.5. The van der Waals surface area contributed by atoms with Crippen molar-refractivity contribution < 1.29 is 22.8 Å². The molecule has 2 aromatic rings. The van der Waals surface area contributed by atoms with E-state index in [1.807, 2.05) is 0 Å². The van der Waals surface area contributed by atoms with E-state index in [1.54, 1.807) is 24.3 Å². The quantitative estimate of drug-likeness (QED) is 0.557. The van der Waals surface area contributed by atoms with Crippen molar-refractivity contribution in [1.82, 2.24) is 5.32 Å². The van der Waals surface area contributed by atoms with E-state index < -0.39 is 23.8 Å². The summed E-state index contributed by atoms with van der Waals surface area (Å²) < 4.78 is 39.9. The third-order valence-electron chi connectivity index (χ3n) is 4.65.